The minimum atomic E-state index is -0.605. The van der Waals surface area contributed by atoms with Gasteiger partial charge in [0, 0.05) is 6.07 Å². The van der Waals surface area contributed by atoms with Crippen LogP contribution >= 0.6 is 0 Å². The van der Waals surface area contributed by atoms with Gasteiger partial charge in [0.2, 0.25) is 11.8 Å². The molecular weight excluding hydrogens is 259 g/mol. The number of carbonyl (C=O) groups excluding carboxylic acids is 2. The average Bonchev–Trinajstić information content (AvgIpc) is 2.94. The monoisotopic (exact) mass is 276 g/mol. The zero-order valence-corrected chi connectivity index (χ0v) is 11.3. The summed E-state index contributed by atoms with van der Waals surface area (Å²) < 4.78 is 13.5. The van der Waals surface area contributed by atoms with E-state index in [1.165, 1.54) is 12.1 Å². The fraction of sp³-hybridized carbons (Fsp3) is 0.467. The molecule has 20 heavy (non-hydrogen) atoms. The van der Waals surface area contributed by atoms with Gasteiger partial charge in [0.05, 0.1) is 23.2 Å². The summed E-state index contributed by atoms with van der Waals surface area (Å²) in [6.45, 7) is 2.08. The molecule has 2 N–H and O–H groups in total. The minimum Gasteiger partial charge on any atom is -0.396 e. The van der Waals surface area contributed by atoms with Crippen molar-refractivity contribution >= 4 is 23.2 Å². The summed E-state index contributed by atoms with van der Waals surface area (Å²) >= 11 is 0. The number of nitrogens with two attached hydrogens (primary N) is 1. The normalized spacial score (nSPS) is 29.1. The van der Waals surface area contributed by atoms with Crippen molar-refractivity contribution in [1.29, 1.82) is 0 Å². The number of rotatable bonds is 2. The predicted molar refractivity (Wildman–Crippen MR) is 73.3 cm³/mol. The molecule has 1 aromatic carbocycles. The second-order valence-electron chi connectivity index (χ2n) is 5.68. The van der Waals surface area contributed by atoms with Crippen LogP contribution in [0.25, 0.3) is 0 Å². The van der Waals surface area contributed by atoms with Crippen LogP contribution in [-0.2, 0) is 9.59 Å². The lowest BCUT2D eigenvalue weighted by Crippen LogP contribution is -2.32. The van der Waals surface area contributed by atoms with Crippen molar-refractivity contribution in [1.82, 2.24) is 0 Å². The van der Waals surface area contributed by atoms with E-state index in [1.807, 2.05) is 0 Å². The number of hydrogen-bond acceptors (Lipinski definition) is 3. The Morgan fingerprint density at radius 1 is 1.25 bits per heavy atom. The third-order valence-electron chi connectivity index (χ3n) is 4.55. The molecule has 2 aliphatic rings. The van der Waals surface area contributed by atoms with Crippen molar-refractivity contribution in [2.24, 2.45) is 17.8 Å². The summed E-state index contributed by atoms with van der Waals surface area (Å²) in [6, 6.07) is 4.06. The molecule has 0 radical (unpaired) electrons. The molecule has 1 aromatic rings. The van der Waals surface area contributed by atoms with Gasteiger partial charge in [0.25, 0.3) is 0 Å². The van der Waals surface area contributed by atoms with E-state index in [-0.39, 0.29) is 35.0 Å². The summed E-state index contributed by atoms with van der Waals surface area (Å²) in [5.41, 5.74) is 5.72. The summed E-state index contributed by atoms with van der Waals surface area (Å²) in [4.78, 5) is 25.9. The van der Waals surface area contributed by atoms with Crippen LogP contribution in [0, 0.1) is 23.6 Å². The van der Waals surface area contributed by atoms with Gasteiger partial charge in [-0.3, -0.25) is 9.59 Å². The molecule has 0 aromatic heterocycles. The van der Waals surface area contributed by atoms with Gasteiger partial charge in [-0.1, -0.05) is 13.3 Å². The van der Waals surface area contributed by atoms with Crippen molar-refractivity contribution in [3.05, 3.63) is 24.0 Å². The van der Waals surface area contributed by atoms with Crippen LogP contribution in [0.5, 0.6) is 0 Å². The first-order valence-corrected chi connectivity index (χ1v) is 6.95. The fourth-order valence-electron chi connectivity index (χ4n) is 3.37. The Labute approximate surface area is 116 Å². The number of fused-ring (bicyclic) bond motifs is 1. The van der Waals surface area contributed by atoms with Gasteiger partial charge < -0.3 is 5.73 Å². The maximum absolute atomic E-state index is 13.5. The largest absolute Gasteiger partial charge is 0.396 e. The number of amides is 2. The molecule has 5 heteroatoms. The van der Waals surface area contributed by atoms with Gasteiger partial charge in [-0.2, -0.15) is 0 Å². The van der Waals surface area contributed by atoms with Gasteiger partial charge in [0.15, 0.2) is 0 Å². The number of nitrogen functional groups attached to an aromatic ring is 1. The Hall–Kier alpha value is -1.91. The third kappa shape index (κ3) is 1.80. The summed E-state index contributed by atoms with van der Waals surface area (Å²) in [5.74, 6) is -1.00. The summed E-state index contributed by atoms with van der Waals surface area (Å²) in [5, 5.41) is 0. The number of hydrogen-bond donors (Lipinski definition) is 1. The first-order valence-electron chi connectivity index (χ1n) is 6.95. The molecule has 0 bridgehead atoms. The van der Waals surface area contributed by atoms with Crippen LogP contribution in [0.3, 0.4) is 0 Å². The molecule has 1 heterocycles. The van der Waals surface area contributed by atoms with Crippen molar-refractivity contribution in [3.63, 3.8) is 0 Å². The lowest BCUT2D eigenvalue weighted by molar-refractivity contribution is -0.123. The average molecular weight is 276 g/mol. The van der Waals surface area contributed by atoms with E-state index in [1.54, 1.807) is 0 Å². The van der Waals surface area contributed by atoms with E-state index >= 15 is 0 Å². The number of carbonyl (C=O) groups is 2. The molecule has 1 saturated heterocycles. The topological polar surface area (TPSA) is 63.4 Å². The molecule has 4 nitrogen and oxygen atoms in total. The smallest absolute Gasteiger partial charge is 0.237 e. The summed E-state index contributed by atoms with van der Waals surface area (Å²) in [7, 11) is 0. The maximum Gasteiger partial charge on any atom is 0.237 e. The SMILES string of the molecule is CCC1CC2C(=O)N(c3ccc(N)c(F)c3)C(=O)C2C1. The molecule has 1 aliphatic carbocycles. The minimum absolute atomic E-state index is 0.0130. The highest BCUT2D eigenvalue weighted by molar-refractivity contribution is 6.22. The van der Waals surface area contributed by atoms with E-state index in [9.17, 15) is 14.0 Å². The van der Waals surface area contributed by atoms with E-state index in [0.717, 1.165) is 30.2 Å². The van der Waals surface area contributed by atoms with Gasteiger partial charge >= 0.3 is 0 Å². The second-order valence-corrected chi connectivity index (χ2v) is 5.68. The Balaban J connectivity index is 1.91. The van der Waals surface area contributed by atoms with Gasteiger partial charge in [-0.05, 0) is 30.9 Å². The first-order chi connectivity index (χ1) is 9.52. The lowest BCUT2D eigenvalue weighted by atomic mass is 10.00. The zero-order chi connectivity index (χ0) is 14.4. The zero-order valence-electron chi connectivity index (χ0n) is 11.3. The van der Waals surface area contributed by atoms with Crippen LogP contribution in [0.2, 0.25) is 0 Å². The van der Waals surface area contributed by atoms with Crippen LogP contribution < -0.4 is 10.6 Å². The van der Waals surface area contributed by atoms with E-state index < -0.39 is 5.82 Å². The van der Waals surface area contributed by atoms with Crippen molar-refractivity contribution in [3.8, 4) is 0 Å². The van der Waals surface area contributed by atoms with Crippen molar-refractivity contribution in [2.75, 3.05) is 10.6 Å². The number of anilines is 2. The Morgan fingerprint density at radius 3 is 2.35 bits per heavy atom. The molecular formula is C15H17FN2O2. The van der Waals surface area contributed by atoms with E-state index in [0.29, 0.717) is 5.92 Å². The highest BCUT2D eigenvalue weighted by Crippen LogP contribution is 2.45. The molecule has 1 aliphatic heterocycles. The van der Waals surface area contributed by atoms with Crippen molar-refractivity contribution in [2.45, 2.75) is 26.2 Å². The van der Waals surface area contributed by atoms with Gasteiger partial charge in [-0.25, -0.2) is 9.29 Å². The molecule has 3 rings (SSSR count). The molecule has 2 fully saturated rings. The summed E-state index contributed by atoms with van der Waals surface area (Å²) in [6.07, 6.45) is 2.52. The molecule has 2 amide bonds. The quantitative estimate of drug-likeness (QED) is 0.666. The maximum atomic E-state index is 13.5. The number of benzene rings is 1. The van der Waals surface area contributed by atoms with Gasteiger partial charge in [-0.15, -0.1) is 0 Å². The van der Waals surface area contributed by atoms with Crippen LogP contribution in [0.15, 0.2) is 18.2 Å². The number of halogens is 1. The van der Waals surface area contributed by atoms with Crippen LogP contribution in [-0.4, -0.2) is 11.8 Å². The molecule has 106 valence electrons. The number of nitrogens with zero attached hydrogens (tertiary/aromatic N) is 1. The molecule has 0 spiro atoms. The predicted octanol–water partition coefficient (Wildman–Crippen LogP) is 2.33. The lowest BCUT2D eigenvalue weighted by Gasteiger charge is -2.17. The highest BCUT2D eigenvalue weighted by Gasteiger charge is 2.52. The Morgan fingerprint density at radius 2 is 1.85 bits per heavy atom. The van der Waals surface area contributed by atoms with Gasteiger partial charge in [0.1, 0.15) is 5.82 Å². The number of imide groups is 1. The van der Waals surface area contributed by atoms with Crippen LogP contribution in [0.4, 0.5) is 15.8 Å². The Kier molecular flexibility index (Phi) is 3.00. The van der Waals surface area contributed by atoms with Crippen molar-refractivity contribution < 1.29 is 14.0 Å². The first kappa shape index (κ1) is 13.1. The van der Waals surface area contributed by atoms with E-state index in [4.69, 9.17) is 5.73 Å². The standard InChI is InChI=1S/C15H17FN2O2/c1-2-8-5-10-11(6-8)15(20)18(14(10)19)9-3-4-13(17)12(16)7-9/h3-4,7-8,10-11H,2,5-6,17H2,1H3. The third-order valence-corrected chi connectivity index (χ3v) is 4.55. The highest BCUT2D eigenvalue weighted by atomic mass is 19.1. The molecule has 2 unspecified atom stereocenters. The molecule has 1 saturated carbocycles. The molecule has 2 atom stereocenters. The van der Waals surface area contributed by atoms with Crippen LogP contribution in [0.1, 0.15) is 26.2 Å². The Bertz CT molecular complexity index is 563. The second kappa shape index (κ2) is 4.58. The fourth-order valence-corrected chi connectivity index (χ4v) is 3.37. The van der Waals surface area contributed by atoms with E-state index in [2.05, 4.69) is 6.92 Å².